The van der Waals surface area contributed by atoms with E-state index in [1.165, 1.54) is 37.0 Å². The number of rotatable bonds is 2. The van der Waals surface area contributed by atoms with Crippen LogP contribution in [0.3, 0.4) is 0 Å². The molecule has 0 bridgehead atoms. The summed E-state index contributed by atoms with van der Waals surface area (Å²) >= 11 is 5.23. The van der Waals surface area contributed by atoms with Crippen LogP contribution in [-0.4, -0.2) is 4.75 Å². The predicted molar refractivity (Wildman–Crippen MR) is 83.1 cm³/mol. The molecule has 0 aliphatic heterocycles. The molecule has 100 valence electrons. The SMILES string of the molecule is N#CC1(Sc2ccc(Br)cc2)CC2(CCCCC2)C1. The lowest BCUT2D eigenvalue weighted by atomic mass is 9.56. The standard InChI is InChI=1S/C16H18BrNS/c17-13-4-6-14(7-5-13)19-16(12-18)10-15(11-16)8-2-1-3-9-15/h4-7H,1-3,8-11H2. The second kappa shape index (κ2) is 5.14. The molecule has 0 N–H and O–H groups in total. The molecule has 2 aliphatic carbocycles. The van der Waals surface area contributed by atoms with Crippen molar-refractivity contribution in [1.82, 2.24) is 0 Å². The lowest BCUT2D eigenvalue weighted by Crippen LogP contribution is -2.49. The molecule has 0 saturated heterocycles. The first-order valence-corrected chi connectivity index (χ1v) is 8.62. The van der Waals surface area contributed by atoms with Gasteiger partial charge in [0.25, 0.3) is 0 Å². The van der Waals surface area contributed by atoms with Gasteiger partial charge in [0.1, 0.15) is 4.75 Å². The predicted octanol–water partition coefficient (Wildman–Crippen LogP) is 5.55. The average Bonchev–Trinajstić information content (AvgIpc) is 2.40. The van der Waals surface area contributed by atoms with Gasteiger partial charge in [-0.2, -0.15) is 5.26 Å². The molecule has 1 nitrogen and oxygen atoms in total. The van der Waals surface area contributed by atoms with Crippen molar-refractivity contribution >= 4 is 27.7 Å². The van der Waals surface area contributed by atoms with Gasteiger partial charge >= 0.3 is 0 Å². The molecule has 3 heteroatoms. The van der Waals surface area contributed by atoms with E-state index in [0.29, 0.717) is 5.41 Å². The van der Waals surface area contributed by atoms with E-state index in [-0.39, 0.29) is 4.75 Å². The minimum atomic E-state index is -0.162. The van der Waals surface area contributed by atoms with Crippen molar-refractivity contribution in [2.75, 3.05) is 0 Å². The van der Waals surface area contributed by atoms with E-state index in [0.717, 1.165) is 17.3 Å². The highest BCUT2D eigenvalue weighted by Crippen LogP contribution is 2.62. The van der Waals surface area contributed by atoms with Crippen molar-refractivity contribution < 1.29 is 0 Å². The van der Waals surface area contributed by atoms with Crippen LogP contribution < -0.4 is 0 Å². The second-order valence-electron chi connectivity index (χ2n) is 6.08. The minimum absolute atomic E-state index is 0.162. The van der Waals surface area contributed by atoms with E-state index in [9.17, 15) is 5.26 Å². The quantitative estimate of drug-likeness (QED) is 0.707. The number of benzene rings is 1. The van der Waals surface area contributed by atoms with Gasteiger partial charge in [0, 0.05) is 9.37 Å². The molecular formula is C16H18BrNS. The highest BCUT2D eigenvalue weighted by Gasteiger charge is 2.55. The molecule has 19 heavy (non-hydrogen) atoms. The fraction of sp³-hybridized carbons (Fsp3) is 0.562. The average molecular weight is 336 g/mol. The van der Waals surface area contributed by atoms with Crippen LogP contribution in [0.25, 0.3) is 0 Å². The summed E-state index contributed by atoms with van der Waals surface area (Å²) in [5.74, 6) is 0. The summed E-state index contributed by atoms with van der Waals surface area (Å²) in [5.41, 5.74) is 0.510. The molecule has 0 aromatic heterocycles. The van der Waals surface area contributed by atoms with Crippen LogP contribution in [0.1, 0.15) is 44.9 Å². The van der Waals surface area contributed by atoms with Crippen molar-refractivity contribution in [1.29, 1.82) is 5.26 Å². The smallest absolute Gasteiger partial charge is 0.108 e. The van der Waals surface area contributed by atoms with Gasteiger partial charge in [-0.1, -0.05) is 35.2 Å². The fourth-order valence-electron chi connectivity index (χ4n) is 3.72. The summed E-state index contributed by atoms with van der Waals surface area (Å²) in [4.78, 5) is 1.22. The van der Waals surface area contributed by atoms with Crippen molar-refractivity contribution in [2.45, 2.75) is 54.6 Å². The van der Waals surface area contributed by atoms with Crippen LogP contribution in [0.15, 0.2) is 33.6 Å². The summed E-state index contributed by atoms with van der Waals surface area (Å²) in [6, 6.07) is 10.9. The largest absolute Gasteiger partial charge is 0.197 e. The molecule has 2 fully saturated rings. The van der Waals surface area contributed by atoms with Crippen LogP contribution in [0.4, 0.5) is 0 Å². The Kier molecular flexibility index (Phi) is 3.66. The maximum absolute atomic E-state index is 9.59. The van der Waals surface area contributed by atoms with Gasteiger partial charge in [-0.3, -0.25) is 0 Å². The van der Waals surface area contributed by atoms with Crippen LogP contribution in [0, 0.1) is 16.7 Å². The molecule has 1 spiro atoms. The third kappa shape index (κ3) is 2.71. The Labute approximate surface area is 127 Å². The van der Waals surface area contributed by atoms with Crippen molar-refractivity contribution in [3.8, 4) is 6.07 Å². The van der Waals surface area contributed by atoms with Gasteiger partial charge in [0.2, 0.25) is 0 Å². The van der Waals surface area contributed by atoms with Crippen LogP contribution in [0.2, 0.25) is 0 Å². The number of halogens is 1. The first-order valence-electron chi connectivity index (χ1n) is 7.01. The molecule has 0 amide bonds. The van der Waals surface area contributed by atoms with Crippen molar-refractivity contribution in [2.24, 2.45) is 5.41 Å². The van der Waals surface area contributed by atoms with Crippen LogP contribution in [-0.2, 0) is 0 Å². The summed E-state index contributed by atoms with van der Waals surface area (Å²) in [5, 5.41) is 9.59. The Bertz CT molecular complexity index is 488. The summed E-state index contributed by atoms with van der Waals surface area (Å²) < 4.78 is 0.936. The molecule has 1 aromatic carbocycles. The van der Waals surface area contributed by atoms with Gasteiger partial charge in [0.15, 0.2) is 0 Å². The topological polar surface area (TPSA) is 23.8 Å². The third-order valence-electron chi connectivity index (χ3n) is 4.57. The maximum Gasteiger partial charge on any atom is 0.108 e. The monoisotopic (exact) mass is 335 g/mol. The minimum Gasteiger partial charge on any atom is -0.197 e. The lowest BCUT2D eigenvalue weighted by Gasteiger charge is -2.54. The fourth-order valence-corrected chi connectivity index (χ4v) is 5.51. The Morgan fingerprint density at radius 1 is 1.05 bits per heavy atom. The summed E-state index contributed by atoms with van der Waals surface area (Å²) in [6.07, 6.45) is 9.00. The number of nitriles is 1. The maximum atomic E-state index is 9.59. The van der Waals surface area contributed by atoms with Crippen molar-refractivity contribution in [3.05, 3.63) is 28.7 Å². The first-order chi connectivity index (χ1) is 9.15. The Morgan fingerprint density at radius 3 is 2.26 bits per heavy atom. The number of nitrogens with zero attached hydrogens (tertiary/aromatic N) is 1. The molecule has 2 saturated carbocycles. The molecule has 3 rings (SSSR count). The van der Waals surface area contributed by atoms with E-state index in [1.807, 2.05) is 0 Å². The highest BCUT2D eigenvalue weighted by atomic mass is 79.9. The summed E-state index contributed by atoms with van der Waals surface area (Å²) in [6.45, 7) is 0. The van der Waals surface area contributed by atoms with Gasteiger partial charge < -0.3 is 0 Å². The van der Waals surface area contributed by atoms with E-state index in [2.05, 4.69) is 46.3 Å². The Balaban J connectivity index is 1.69. The molecule has 0 atom stereocenters. The highest BCUT2D eigenvalue weighted by molar-refractivity contribution is 9.10. The molecule has 0 heterocycles. The van der Waals surface area contributed by atoms with Crippen LogP contribution >= 0.6 is 27.7 Å². The van der Waals surface area contributed by atoms with Crippen molar-refractivity contribution in [3.63, 3.8) is 0 Å². The van der Waals surface area contributed by atoms with E-state index >= 15 is 0 Å². The zero-order valence-electron chi connectivity index (χ0n) is 11.0. The van der Waals surface area contributed by atoms with Gasteiger partial charge in [-0.15, -0.1) is 11.8 Å². The Hall–Kier alpha value is -0.460. The molecule has 2 aliphatic rings. The molecule has 1 aromatic rings. The third-order valence-corrected chi connectivity index (χ3v) is 6.37. The van der Waals surface area contributed by atoms with Gasteiger partial charge in [-0.05, 0) is 55.4 Å². The van der Waals surface area contributed by atoms with E-state index < -0.39 is 0 Å². The van der Waals surface area contributed by atoms with Crippen LogP contribution in [0.5, 0.6) is 0 Å². The zero-order valence-corrected chi connectivity index (χ0v) is 13.4. The van der Waals surface area contributed by atoms with E-state index in [1.54, 1.807) is 11.8 Å². The first kappa shape index (κ1) is 13.5. The second-order valence-corrected chi connectivity index (χ2v) is 8.45. The van der Waals surface area contributed by atoms with Gasteiger partial charge in [-0.25, -0.2) is 0 Å². The summed E-state index contributed by atoms with van der Waals surface area (Å²) in [7, 11) is 0. The normalized spacial score (nSPS) is 23.6. The van der Waals surface area contributed by atoms with E-state index in [4.69, 9.17) is 0 Å². The number of hydrogen-bond acceptors (Lipinski definition) is 2. The van der Waals surface area contributed by atoms with Gasteiger partial charge in [0.05, 0.1) is 6.07 Å². The number of thioether (sulfide) groups is 1. The number of hydrogen-bond donors (Lipinski definition) is 0. The zero-order chi connectivity index (χ0) is 13.3. The molecule has 0 radical (unpaired) electrons. The molecular weight excluding hydrogens is 318 g/mol. The Morgan fingerprint density at radius 2 is 1.68 bits per heavy atom. The lowest BCUT2D eigenvalue weighted by molar-refractivity contribution is 0.0593. The molecule has 0 unspecified atom stereocenters.